The second-order valence-electron chi connectivity index (χ2n) is 5.45. The van der Waals surface area contributed by atoms with Crippen molar-refractivity contribution >= 4 is 35.8 Å². The van der Waals surface area contributed by atoms with E-state index in [4.69, 9.17) is 10.5 Å². The Bertz CT molecular complexity index is 714. The minimum Gasteiger partial charge on any atom is -0.484 e. The first-order valence-electron chi connectivity index (χ1n) is 8.00. The number of guanidine groups is 1. The van der Waals surface area contributed by atoms with E-state index in [0.29, 0.717) is 12.3 Å². The van der Waals surface area contributed by atoms with E-state index >= 15 is 0 Å². The zero-order valence-corrected chi connectivity index (χ0v) is 17.3. The van der Waals surface area contributed by atoms with Crippen LogP contribution in [0.5, 0.6) is 5.75 Å². The van der Waals surface area contributed by atoms with E-state index in [0.717, 1.165) is 30.2 Å². The summed E-state index contributed by atoms with van der Waals surface area (Å²) in [6, 6.07) is 9.54. The Hall–Kier alpha value is -2.30. The highest BCUT2D eigenvalue weighted by molar-refractivity contribution is 14.0. The van der Waals surface area contributed by atoms with Crippen molar-refractivity contribution in [1.29, 1.82) is 0 Å². The molecule has 0 fully saturated rings. The fourth-order valence-corrected chi connectivity index (χ4v) is 2.20. The molecule has 0 unspecified atom stereocenters. The van der Waals surface area contributed by atoms with E-state index < -0.39 is 5.91 Å². The van der Waals surface area contributed by atoms with Crippen LogP contribution in [0.2, 0.25) is 0 Å². The van der Waals surface area contributed by atoms with Gasteiger partial charge in [-0.3, -0.25) is 14.5 Å². The van der Waals surface area contributed by atoms with E-state index in [-0.39, 0.29) is 30.6 Å². The number of benzene rings is 1. The maximum atomic E-state index is 10.7. The van der Waals surface area contributed by atoms with Gasteiger partial charge in [0.2, 0.25) is 0 Å². The highest BCUT2D eigenvalue weighted by atomic mass is 127. The Morgan fingerprint density at radius 3 is 2.58 bits per heavy atom. The van der Waals surface area contributed by atoms with E-state index in [9.17, 15) is 4.79 Å². The normalized spacial score (nSPS) is 10.8. The summed E-state index contributed by atoms with van der Waals surface area (Å²) in [5.74, 6) is 0.880. The summed E-state index contributed by atoms with van der Waals surface area (Å²) >= 11 is 0. The van der Waals surface area contributed by atoms with Gasteiger partial charge in [-0.2, -0.15) is 5.10 Å². The highest BCUT2D eigenvalue weighted by Gasteiger charge is 2.02. The van der Waals surface area contributed by atoms with Crippen molar-refractivity contribution in [2.45, 2.75) is 13.0 Å². The van der Waals surface area contributed by atoms with Crippen molar-refractivity contribution in [3.63, 3.8) is 0 Å². The first-order valence-corrected chi connectivity index (χ1v) is 8.00. The number of amides is 1. The van der Waals surface area contributed by atoms with Gasteiger partial charge in [-0.15, -0.1) is 24.0 Å². The van der Waals surface area contributed by atoms with E-state index in [1.807, 2.05) is 42.1 Å². The molecule has 2 aromatic rings. The van der Waals surface area contributed by atoms with Gasteiger partial charge >= 0.3 is 0 Å². The summed E-state index contributed by atoms with van der Waals surface area (Å²) in [6.45, 7) is 1.29. The SMILES string of the molecule is CN=C(NCCc1ccc(OCC(N)=O)cc1)NCc1ccnn1C.I. The predicted molar refractivity (Wildman–Crippen MR) is 112 cm³/mol. The number of hydrogen-bond acceptors (Lipinski definition) is 4. The number of carbonyl (C=O) groups excluding carboxylic acids is 1. The summed E-state index contributed by atoms with van der Waals surface area (Å²) in [4.78, 5) is 14.9. The van der Waals surface area contributed by atoms with Gasteiger partial charge in [0.05, 0.1) is 12.2 Å². The number of aryl methyl sites for hydroxylation is 1. The van der Waals surface area contributed by atoms with Gasteiger partial charge in [0, 0.05) is 26.8 Å². The maximum absolute atomic E-state index is 10.7. The number of nitrogens with zero attached hydrogens (tertiary/aromatic N) is 3. The Morgan fingerprint density at radius 2 is 2.00 bits per heavy atom. The lowest BCUT2D eigenvalue weighted by Crippen LogP contribution is -2.38. The molecule has 1 aromatic heterocycles. The molecule has 142 valence electrons. The number of nitrogens with one attached hydrogen (secondary N) is 2. The molecule has 0 bridgehead atoms. The molecular weight excluding hydrogens is 447 g/mol. The quantitative estimate of drug-likeness (QED) is 0.300. The van der Waals surface area contributed by atoms with Crippen LogP contribution in [0.4, 0.5) is 0 Å². The van der Waals surface area contributed by atoms with Crippen molar-refractivity contribution in [3.8, 4) is 5.75 Å². The fraction of sp³-hybridized carbons (Fsp3) is 0.353. The van der Waals surface area contributed by atoms with Gasteiger partial charge in [0.25, 0.3) is 5.91 Å². The number of rotatable bonds is 8. The van der Waals surface area contributed by atoms with Crippen LogP contribution in [0.1, 0.15) is 11.3 Å². The number of halogens is 1. The number of aromatic nitrogens is 2. The molecule has 9 heteroatoms. The van der Waals surface area contributed by atoms with Gasteiger partial charge in [-0.25, -0.2) is 0 Å². The molecule has 1 amide bonds. The molecule has 26 heavy (non-hydrogen) atoms. The smallest absolute Gasteiger partial charge is 0.255 e. The summed E-state index contributed by atoms with van der Waals surface area (Å²) in [5.41, 5.74) is 7.28. The largest absolute Gasteiger partial charge is 0.484 e. The second kappa shape index (κ2) is 11.3. The van der Waals surface area contributed by atoms with Crippen molar-refractivity contribution in [1.82, 2.24) is 20.4 Å². The van der Waals surface area contributed by atoms with Gasteiger partial charge in [-0.1, -0.05) is 12.1 Å². The van der Waals surface area contributed by atoms with Crippen LogP contribution in [0.3, 0.4) is 0 Å². The molecule has 0 atom stereocenters. The average Bonchev–Trinajstić information content (AvgIpc) is 3.02. The minimum absolute atomic E-state index is 0. The van der Waals surface area contributed by atoms with Crippen LogP contribution in [-0.2, 0) is 24.8 Å². The number of carbonyl (C=O) groups is 1. The number of primary amides is 1. The molecule has 0 aliphatic rings. The van der Waals surface area contributed by atoms with Crippen LogP contribution in [-0.4, -0.2) is 41.8 Å². The lowest BCUT2D eigenvalue weighted by molar-refractivity contribution is -0.119. The second-order valence-corrected chi connectivity index (χ2v) is 5.45. The maximum Gasteiger partial charge on any atom is 0.255 e. The van der Waals surface area contributed by atoms with Crippen LogP contribution in [0, 0.1) is 0 Å². The van der Waals surface area contributed by atoms with Crippen molar-refractivity contribution < 1.29 is 9.53 Å². The molecule has 1 heterocycles. The average molecular weight is 472 g/mol. The van der Waals surface area contributed by atoms with E-state index in [1.165, 1.54) is 0 Å². The third-order valence-electron chi connectivity index (χ3n) is 3.59. The summed E-state index contributed by atoms with van der Waals surface area (Å²) in [7, 11) is 3.65. The third-order valence-corrected chi connectivity index (χ3v) is 3.59. The lowest BCUT2D eigenvalue weighted by Gasteiger charge is -2.12. The number of ether oxygens (including phenoxy) is 1. The highest BCUT2D eigenvalue weighted by Crippen LogP contribution is 2.12. The third kappa shape index (κ3) is 7.30. The molecule has 0 aliphatic carbocycles. The lowest BCUT2D eigenvalue weighted by atomic mass is 10.1. The molecule has 8 nitrogen and oxygen atoms in total. The van der Waals surface area contributed by atoms with E-state index in [2.05, 4.69) is 20.7 Å². The Labute approximate surface area is 170 Å². The fourth-order valence-electron chi connectivity index (χ4n) is 2.20. The van der Waals surface area contributed by atoms with Crippen LogP contribution in [0.25, 0.3) is 0 Å². The molecular formula is C17H25IN6O2. The zero-order valence-electron chi connectivity index (χ0n) is 14.9. The molecule has 0 saturated heterocycles. The van der Waals surface area contributed by atoms with Gasteiger partial charge in [-0.05, 0) is 30.2 Å². The number of hydrogen-bond donors (Lipinski definition) is 3. The first kappa shape index (κ1) is 21.7. The van der Waals surface area contributed by atoms with Gasteiger partial charge in [0.15, 0.2) is 12.6 Å². The Balaban J connectivity index is 0.00000338. The molecule has 0 spiro atoms. The van der Waals surface area contributed by atoms with Crippen LogP contribution >= 0.6 is 24.0 Å². The minimum atomic E-state index is -0.488. The van der Waals surface area contributed by atoms with Crippen molar-refractivity contribution in [2.75, 3.05) is 20.2 Å². The molecule has 0 radical (unpaired) electrons. The van der Waals surface area contributed by atoms with Crippen molar-refractivity contribution in [3.05, 3.63) is 47.8 Å². The molecule has 0 saturated carbocycles. The summed E-state index contributed by atoms with van der Waals surface area (Å²) < 4.78 is 7.05. The first-order chi connectivity index (χ1) is 12.1. The van der Waals surface area contributed by atoms with Gasteiger partial charge < -0.3 is 21.1 Å². The number of aliphatic imine (C=N–C) groups is 1. The predicted octanol–water partition coefficient (Wildman–Crippen LogP) is 0.810. The standard InChI is InChI=1S/C17H24N6O2.HI/c1-19-17(21-11-14-8-10-22-23(14)2)20-9-7-13-3-5-15(6-4-13)25-12-16(18)24;/h3-6,8,10H,7,9,11-12H2,1-2H3,(H2,18,24)(H2,19,20,21);1H. The Morgan fingerprint density at radius 1 is 1.27 bits per heavy atom. The van der Waals surface area contributed by atoms with Gasteiger partial charge in [0.1, 0.15) is 5.75 Å². The molecule has 2 rings (SSSR count). The van der Waals surface area contributed by atoms with Crippen molar-refractivity contribution in [2.24, 2.45) is 17.8 Å². The summed E-state index contributed by atoms with van der Waals surface area (Å²) in [5, 5.41) is 10.7. The number of nitrogens with two attached hydrogens (primary N) is 1. The van der Waals surface area contributed by atoms with E-state index in [1.54, 1.807) is 13.2 Å². The van der Waals surface area contributed by atoms with Crippen LogP contribution in [0.15, 0.2) is 41.5 Å². The zero-order chi connectivity index (χ0) is 18.1. The monoisotopic (exact) mass is 472 g/mol. The Kier molecular flexibility index (Phi) is 9.48. The topological polar surface area (TPSA) is 107 Å². The van der Waals surface area contributed by atoms with Crippen LogP contribution < -0.4 is 21.1 Å². The summed E-state index contributed by atoms with van der Waals surface area (Å²) in [6.07, 6.45) is 2.60. The molecule has 1 aromatic carbocycles. The molecule has 4 N–H and O–H groups in total. The molecule has 0 aliphatic heterocycles.